The van der Waals surface area contributed by atoms with Gasteiger partial charge in [0.1, 0.15) is 10.8 Å². The van der Waals surface area contributed by atoms with Crippen LogP contribution in [0.5, 0.6) is 0 Å². The summed E-state index contributed by atoms with van der Waals surface area (Å²) in [5, 5.41) is 9.71. The lowest BCUT2D eigenvalue weighted by Crippen LogP contribution is -2.17. The molecule has 1 amide bonds. The molecule has 5 nitrogen and oxygen atoms in total. The van der Waals surface area contributed by atoms with E-state index in [9.17, 15) is 4.79 Å². The molecular formula is C12H11ClN4OS. The molecule has 2 rings (SSSR count). The molecule has 0 aliphatic carbocycles. The first-order chi connectivity index (χ1) is 8.99. The molecule has 1 aromatic heterocycles. The quantitative estimate of drug-likeness (QED) is 0.758. The monoisotopic (exact) mass is 294 g/mol. The third-order valence-electron chi connectivity index (χ3n) is 2.56. The van der Waals surface area contributed by atoms with E-state index in [0.717, 1.165) is 5.56 Å². The number of hydrogen-bond acceptors (Lipinski definition) is 3. The summed E-state index contributed by atoms with van der Waals surface area (Å²) in [5.74, 6) is 0.0895. The predicted molar refractivity (Wildman–Crippen MR) is 78.6 cm³/mol. The molecule has 1 heterocycles. The van der Waals surface area contributed by atoms with Gasteiger partial charge in [0.2, 0.25) is 0 Å². The standard InChI is InChI=1S/C12H11ClN4OS/c1-6-4-7(2-3-9(6)13)12(18)16-11-8(10(14)19)5-15-17-11/h2-5H,1H3,(H2,14,19)(H2,15,16,17,18). The Labute approximate surface area is 120 Å². The van der Waals surface area contributed by atoms with E-state index in [1.807, 2.05) is 6.92 Å². The van der Waals surface area contributed by atoms with Crippen LogP contribution in [-0.4, -0.2) is 21.1 Å². The topological polar surface area (TPSA) is 83.8 Å². The maximum atomic E-state index is 12.1. The minimum absolute atomic E-state index is 0.163. The number of nitrogens with zero attached hydrogens (tertiary/aromatic N) is 1. The van der Waals surface area contributed by atoms with Crippen LogP contribution in [0.25, 0.3) is 0 Å². The number of benzene rings is 1. The fourth-order valence-electron chi connectivity index (χ4n) is 1.54. The lowest BCUT2D eigenvalue weighted by atomic mass is 10.1. The Hall–Kier alpha value is -1.92. The Balaban J connectivity index is 2.23. The Morgan fingerprint density at radius 3 is 2.89 bits per heavy atom. The molecule has 0 saturated carbocycles. The van der Waals surface area contributed by atoms with Gasteiger partial charge in [-0.1, -0.05) is 23.8 Å². The largest absolute Gasteiger partial charge is 0.389 e. The third-order valence-corrected chi connectivity index (χ3v) is 3.21. The molecule has 19 heavy (non-hydrogen) atoms. The number of rotatable bonds is 3. The summed E-state index contributed by atoms with van der Waals surface area (Å²) in [6.07, 6.45) is 1.46. The van der Waals surface area contributed by atoms with Gasteiger partial charge in [-0.15, -0.1) is 0 Å². The highest BCUT2D eigenvalue weighted by atomic mass is 35.5. The number of halogens is 1. The van der Waals surface area contributed by atoms with Crippen LogP contribution in [0.3, 0.4) is 0 Å². The molecule has 0 aliphatic heterocycles. The number of hydrogen-bond donors (Lipinski definition) is 3. The van der Waals surface area contributed by atoms with E-state index < -0.39 is 0 Å². The summed E-state index contributed by atoms with van der Waals surface area (Å²) in [7, 11) is 0. The molecule has 1 aromatic carbocycles. The molecule has 7 heteroatoms. The lowest BCUT2D eigenvalue weighted by Gasteiger charge is -2.06. The Kier molecular flexibility index (Phi) is 3.82. The van der Waals surface area contributed by atoms with Crippen LogP contribution in [0.15, 0.2) is 24.4 Å². The van der Waals surface area contributed by atoms with Gasteiger partial charge in [-0.2, -0.15) is 5.10 Å². The van der Waals surface area contributed by atoms with Crippen molar-refractivity contribution in [2.75, 3.05) is 5.32 Å². The minimum atomic E-state index is -0.290. The van der Waals surface area contributed by atoms with Crippen LogP contribution in [0.2, 0.25) is 5.02 Å². The zero-order valence-electron chi connectivity index (χ0n) is 10.0. The number of aromatic nitrogens is 2. The molecule has 0 radical (unpaired) electrons. The first kappa shape index (κ1) is 13.5. The first-order valence-electron chi connectivity index (χ1n) is 5.39. The van der Waals surface area contributed by atoms with Crippen molar-refractivity contribution in [3.8, 4) is 0 Å². The molecule has 0 saturated heterocycles. The molecule has 2 aromatic rings. The number of thiocarbonyl (C=S) groups is 1. The summed E-state index contributed by atoms with van der Waals surface area (Å²) >= 11 is 10.8. The number of carbonyl (C=O) groups excluding carboxylic acids is 1. The maximum absolute atomic E-state index is 12.1. The van der Waals surface area contributed by atoms with Gasteiger partial charge in [-0.25, -0.2) is 0 Å². The van der Waals surface area contributed by atoms with Gasteiger partial charge in [-0.05, 0) is 30.7 Å². The van der Waals surface area contributed by atoms with Crippen molar-refractivity contribution in [1.29, 1.82) is 0 Å². The highest BCUT2D eigenvalue weighted by molar-refractivity contribution is 7.80. The van der Waals surface area contributed by atoms with Crippen LogP contribution in [0.4, 0.5) is 5.82 Å². The first-order valence-corrected chi connectivity index (χ1v) is 6.18. The van der Waals surface area contributed by atoms with Crippen molar-refractivity contribution >= 4 is 40.5 Å². The fourth-order valence-corrected chi connectivity index (χ4v) is 1.81. The van der Waals surface area contributed by atoms with Crippen LogP contribution >= 0.6 is 23.8 Å². The molecule has 0 atom stereocenters. The predicted octanol–water partition coefficient (Wildman–Crippen LogP) is 2.26. The van der Waals surface area contributed by atoms with E-state index in [0.29, 0.717) is 22.0 Å². The van der Waals surface area contributed by atoms with Gasteiger partial charge >= 0.3 is 0 Å². The van der Waals surface area contributed by atoms with Crippen molar-refractivity contribution in [2.45, 2.75) is 6.92 Å². The van der Waals surface area contributed by atoms with E-state index in [1.54, 1.807) is 18.2 Å². The van der Waals surface area contributed by atoms with E-state index in [1.165, 1.54) is 6.20 Å². The van der Waals surface area contributed by atoms with Crippen LogP contribution in [0.1, 0.15) is 21.5 Å². The van der Waals surface area contributed by atoms with E-state index in [2.05, 4.69) is 15.5 Å². The number of aryl methyl sites for hydroxylation is 1. The molecule has 0 aliphatic rings. The number of aromatic amines is 1. The van der Waals surface area contributed by atoms with Gasteiger partial charge in [0, 0.05) is 10.6 Å². The van der Waals surface area contributed by atoms with Gasteiger partial charge < -0.3 is 11.1 Å². The van der Waals surface area contributed by atoms with E-state index >= 15 is 0 Å². The van der Waals surface area contributed by atoms with Crippen LogP contribution in [0, 0.1) is 6.92 Å². The average Bonchev–Trinajstić information content (AvgIpc) is 2.80. The zero-order chi connectivity index (χ0) is 14.0. The Bertz CT molecular complexity index is 653. The Morgan fingerprint density at radius 2 is 2.26 bits per heavy atom. The molecule has 98 valence electrons. The van der Waals surface area contributed by atoms with Crippen molar-refractivity contribution < 1.29 is 4.79 Å². The molecule has 0 bridgehead atoms. The SMILES string of the molecule is Cc1cc(C(=O)Nc2[nH]ncc2C(N)=S)ccc1Cl. The number of carbonyl (C=O) groups is 1. The summed E-state index contributed by atoms with van der Waals surface area (Å²) in [4.78, 5) is 12.2. The highest BCUT2D eigenvalue weighted by Gasteiger charge is 2.13. The normalized spacial score (nSPS) is 10.2. The van der Waals surface area contributed by atoms with Gasteiger partial charge in [-0.3, -0.25) is 9.89 Å². The van der Waals surface area contributed by atoms with E-state index in [-0.39, 0.29) is 10.9 Å². The van der Waals surface area contributed by atoms with Crippen molar-refractivity contribution in [3.05, 3.63) is 46.1 Å². The van der Waals surface area contributed by atoms with Crippen molar-refractivity contribution in [2.24, 2.45) is 5.73 Å². The number of nitrogens with one attached hydrogen (secondary N) is 2. The maximum Gasteiger partial charge on any atom is 0.256 e. The number of nitrogens with two attached hydrogens (primary N) is 1. The number of amides is 1. The van der Waals surface area contributed by atoms with Gasteiger partial charge in [0.15, 0.2) is 0 Å². The van der Waals surface area contributed by atoms with Crippen molar-refractivity contribution in [1.82, 2.24) is 10.2 Å². The molecule has 0 fully saturated rings. The van der Waals surface area contributed by atoms with Crippen molar-refractivity contribution in [3.63, 3.8) is 0 Å². The number of H-pyrrole nitrogens is 1. The second-order valence-electron chi connectivity index (χ2n) is 3.94. The minimum Gasteiger partial charge on any atom is -0.389 e. The zero-order valence-corrected chi connectivity index (χ0v) is 11.6. The summed E-state index contributed by atoms with van der Waals surface area (Å²) in [6.45, 7) is 1.83. The molecule has 4 N–H and O–H groups in total. The molecule has 0 unspecified atom stereocenters. The van der Waals surface area contributed by atoms with Crippen LogP contribution in [-0.2, 0) is 0 Å². The smallest absolute Gasteiger partial charge is 0.256 e. The number of anilines is 1. The Morgan fingerprint density at radius 1 is 1.53 bits per heavy atom. The van der Waals surface area contributed by atoms with Gasteiger partial charge in [0.25, 0.3) is 5.91 Å². The summed E-state index contributed by atoms with van der Waals surface area (Å²) in [6, 6.07) is 5.02. The third kappa shape index (κ3) is 2.91. The highest BCUT2D eigenvalue weighted by Crippen LogP contribution is 2.18. The average molecular weight is 295 g/mol. The van der Waals surface area contributed by atoms with Gasteiger partial charge in [0.05, 0.1) is 11.8 Å². The van der Waals surface area contributed by atoms with E-state index in [4.69, 9.17) is 29.6 Å². The van der Waals surface area contributed by atoms with Crippen LogP contribution < -0.4 is 11.1 Å². The molecule has 0 spiro atoms. The summed E-state index contributed by atoms with van der Waals surface area (Å²) in [5.41, 5.74) is 7.33. The molecular weight excluding hydrogens is 284 g/mol. The fraction of sp³-hybridized carbons (Fsp3) is 0.0833. The second kappa shape index (κ2) is 5.38. The summed E-state index contributed by atoms with van der Waals surface area (Å²) < 4.78 is 0. The lowest BCUT2D eigenvalue weighted by molar-refractivity contribution is 0.102. The second-order valence-corrected chi connectivity index (χ2v) is 4.79.